The molecule has 3 aromatic heterocycles. The van der Waals surface area contributed by atoms with Crippen molar-refractivity contribution in [1.29, 1.82) is 0 Å². The molecule has 0 radical (unpaired) electrons. The summed E-state index contributed by atoms with van der Waals surface area (Å²) in [6, 6.07) is 2.00. The van der Waals surface area contributed by atoms with Gasteiger partial charge in [-0.2, -0.15) is 0 Å². The minimum Gasteiger partial charge on any atom is -0.420 e. The molecule has 2 aliphatic rings. The summed E-state index contributed by atoms with van der Waals surface area (Å²) in [5.41, 5.74) is 2.42. The molecule has 2 atom stereocenters. The van der Waals surface area contributed by atoms with Gasteiger partial charge in [0.15, 0.2) is 0 Å². The van der Waals surface area contributed by atoms with E-state index in [4.69, 9.17) is 8.94 Å². The van der Waals surface area contributed by atoms with Crippen LogP contribution >= 0.6 is 0 Å². The third-order valence-corrected chi connectivity index (χ3v) is 4.44. The van der Waals surface area contributed by atoms with Gasteiger partial charge in [-0.25, -0.2) is 4.98 Å². The Morgan fingerprint density at radius 2 is 2.10 bits per heavy atom. The highest BCUT2D eigenvalue weighted by Crippen LogP contribution is 2.47. The van der Waals surface area contributed by atoms with Gasteiger partial charge in [-0.15, -0.1) is 10.2 Å². The zero-order chi connectivity index (χ0) is 14.0. The lowest BCUT2D eigenvalue weighted by molar-refractivity contribution is 0.439. The number of hydrogen-bond acceptors (Lipinski definition) is 6. The molecule has 0 amide bonds. The highest BCUT2D eigenvalue weighted by atomic mass is 16.5. The number of pyridine rings is 1. The molecule has 5 rings (SSSR count). The van der Waals surface area contributed by atoms with Gasteiger partial charge in [0, 0.05) is 18.0 Å². The van der Waals surface area contributed by atoms with Gasteiger partial charge in [0.25, 0.3) is 5.71 Å². The van der Waals surface area contributed by atoms with Crippen LogP contribution in [0.15, 0.2) is 21.2 Å². The van der Waals surface area contributed by atoms with Crippen LogP contribution in [0.5, 0.6) is 0 Å². The summed E-state index contributed by atoms with van der Waals surface area (Å²) >= 11 is 0. The molecular formula is C15H14N4O2. The molecule has 0 unspecified atom stereocenters. The van der Waals surface area contributed by atoms with E-state index in [0.29, 0.717) is 29.4 Å². The van der Waals surface area contributed by atoms with Crippen molar-refractivity contribution < 1.29 is 8.94 Å². The minimum atomic E-state index is 0.431. The number of nitrogens with zero attached hydrogens (tertiary/aromatic N) is 4. The molecule has 0 aromatic carbocycles. The lowest BCUT2D eigenvalue weighted by Gasteiger charge is -1.95. The summed E-state index contributed by atoms with van der Waals surface area (Å²) in [5.74, 6) is 2.87. The number of fused-ring (bicyclic) bond motifs is 1. The van der Waals surface area contributed by atoms with E-state index in [-0.39, 0.29) is 0 Å². The summed E-state index contributed by atoms with van der Waals surface area (Å²) < 4.78 is 11.1. The van der Waals surface area contributed by atoms with Gasteiger partial charge in [0.05, 0.1) is 16.6 Å². The van der Waals surface area contributed by atoms with Crippen LogP contribution in [-0.2, 0) is 0 Å². The minimum absolute atomic E-state index is 0.431. The molecule has 21 heavy (non-hydrogen) atoms. The van der Waals surface area contributed by atoms with Crippen LogP contribution in [0.1, 0.15) is 49.6 Å². The van der Waals surface area contributed by atoms with E-state index in [9.17, 15) is 0 Å². The standard InChI is InChI=1S/C15H14N4O2/c1-7-4-10(7)15-18-17-13(20-15)9-5-11-12(8-2-3-8)19-21-14(11)16-6-9/h5-8,10H,2-4H2,1H3/t7-,10+/m1/s1. The molecule has 2 fully saturated rings. The monoisotopic (exact) mass is 282 g/mol. The average molecular weight is 282 g/mol. The second kappa shape index (κ2) is 3.90. The maximum Gasteiger partial charge on any atom is 0.257 e. The van der Waals surface area contributed by atoms with Crippen molar-refractivity contribution in [3.8, 4) is 11.5 Å². The third-order valence-electron chi connectivity index (χ3n) is 4.44. The SMILES string of the molecule is C[C@@H]1C[C@@H]1c1nnc(-c2cnc3onc(C4CC4)c3c2)o1. The second-order valence-electron chi connectivity index (χ2n) is 6.18. The first-order valence-corrected chi connectivity index (χ1v) is 7.38. The fraction of sp³-hybridized carbons (Fsp3) is 0.467. The van der Waals surface area contributed by atoms with Crippen molar-refractivity contribution in [2.45, 2.75) is 38.0 Å². The summed E-state index contributed by atoms with van der Waals surface area (Å²) in [7, 11) is 0. The molecule has 3 aromatic rings. The van der Waals surface area contributed by atoms with E-state index >= 15 is 0 Å². The molecule has 2 aliphatic carbocycles. The van der Waals surface area contributed by atoms with Gasteiger partial charge in [0.1, 0.15) is 0 Å². The molecule has 2 saturated carbocycles. The Hall–Kier alpha value is -2.24. The highest BCUT2D eigenvalue weighted by Gasteiger charge is 2.38. The summed E-state index contributed by atoms with van der Waals surface area (Å²) in [4.78, 5) is 4.32. The normalized spacial score (nSPS) is 24.6. The van der Waals surface area contributed by atoms with Crippen LogP contribution in [-0.4, -0.2) is 20.3 Å². The average Bonchev–Trinajstić information content (AvgIpc) is 3.37. The van der Waals surface area contributed by atoms with Gasteiger partial charge in [-0.1, -0.05) is 12.1 Å². The van der Waals surface area contributed by atoms with Crippen LogP contribution in [0.2, 0.25) is 0 Å². The molecule has 0 bridgehead atoms. The molecule has 0 N–H and O–H groups in total. The van der Waals surface area contributed by atoms with E-state index in [0.717, 1.165) is 29.0 Å². The van der Waals surface area contributed by atoms with Crippen molar-refractivity contribution in [3.63, 3.8) is 0 Å². The lowest BCUT2D eigenvalue weighted by Crippen LogP contribution is -1.83. The van der Waals surface area contributed by atoms with Crippen LogP contribution in [0.3, 0.4) is 0 Å². The van der Waals surface area contributed by atoms with Gasteiger partial charge in [0.2, 0.25) is 11.8 Å². The van der Waals surface area contributed by atoms with Crippen LogP contribution in [0.25, 0.3) is 22.6 Å². The van der Waals surface area contributed by atoms with Crippen LogP contribution in [0, 0.1) is 5.92 Å². The highest BCUT2D eigenvalue weighted by molar-refractivity contribution is 5.81. The number of hydrogen-bond donors (Lipinski definition) is 0. The second-order valence-corrected chi connectivity index (χ2v) is 6.18. The molecular weight excluding hydrogens is 268 g/mol. The van der Waals surface area contributed by atoms with Crippen molar-refractivity contribution in [2.75, 3.05) is 0 Å². The Balaban J connectivity index is 1.57. The Labute approximate surface area is 120 Å². The van der Waals surface area contributed by atoms with E-state index in [2.05, 4.69) is 27.3 Å². The zero-order valence-corrected chi connectivity index (χ0v) is 11.6. The predicted octanol–water partition coefficient (Wildman–Crippen LogP) is 3.27. The fourth-order valence-corrected chi connectivity index (χ4v) is 2.79. The van der Waals surface area contributed by atoms with Gasteiger partial charge < -0.3 is 8.94 Å². The van der Waals surface area contributed by atoms with Crippen molar-refractivity contribution in [3.05, 3.63) is 23.8 Å². The topological polar surface area (TPSA) is 77.8 Å². The van der Waals surface area contributed by atoms with E-state index in [1.165, 1.54) is 12.8 Å². The molecule has 3 heterocycles. The Bertz CT molecular complexity index is 833. The van der Waals surface area contributed by atoms with Gasteiger partial charge >= 0.3 is 0 Å². The predicted molar refractivity (Wildman–Crippen MR) is 73.6 cm³/mol. The first kappa shape index (κ1) is 11.4. The molecule has 106 valence electrons. The number of aromatic nitrogens is 4. The van der Waals surface area contributed by atoms with Gasteiger partial charge in [-0.05, 0) is 31.2 Å². The van der Waals surface area contributed by atoms with E-state index < -0.39 is 0 Å². The van der Waals surface area contributed by atoms with Crippen LogP contribution < -0.4 is 0 Å². The largest absolute Gasteiger partial charge is 0.420 e. The molecule has 6 nitrogen and oxygen atoms in total. The first-order chi connectivity index (χ1) is 10.3. The van der Waals surface area contributed by atoms with E-state index in [1.807, 2.05) is 6.07 Å². The number of rotatable bonds is 3. The van der Waals surface area contributed by atoms with E-state index in [1.54, 1.807) is 6.20 Å². The molecule has 0 spiro atoms. The smallest absolute Gasteiger partial charge is 0.257 e. The van der Waals surface area contributed by atoms with Crippen molar-refractivity contribution in [2.24, 2.45) is 5.92 Å². The zero-order valence-electron chi connectivity index (χ0n) is 11.6. The Kier molecular flexibility index (Phi) is 2.12. The maximum absolute atomic E-state index is 5.79. The molecule has 0 aliphatic heterocycles. The van der Waals surface area contributed by atoms with Gasteiger partial charge in [-0.3, -0.25) is 0 Å². The summed E-state index contributed by atoms with van der Waals surface area (Å²) in [6.07, 6.45) is 5.19. The molecule has 0 saturated heterocycles. The van der Waals surface area contributed by atoms with Crippen molar-refractivity contribution >= 4 is 11.1 Å². The maximum atomic E-state index is 5.79. The van der Waals surface area contributed by atoms with Crippen molar-refractivity contribution in [1.82, 2.24) is 20.3 Å². The fourth-order valence-electron chi connectivity index (χ4n) is 2.79. The third kappa shape index (κ3) is 1.78. The quantitative estimate of drug-likeness (QED) is 0.733. The first-order valence-electron chi connectivity index (χ1n) is 7.38. The lowest BCUT2D eigenvalue weighted by atomic mass is 10.1. The van der Waals surface area contributed by atoms with Crippen LogP contribution in [0.4, 0.5) is 0 Å². The molecule has 6 heteroatoms. The summed E-state index contributed by atoms with van der Waals surface area (Å²) in [5, 5.41) is 13.4. The Morgan fingerprint density at radius 3 is 2.86 bits per heavy atom. The Morgan fingerprint density at radius 1 is 1.24 bits per heavy atom. The summed E-state index contributed by atoms with van der Waals surface area (Å²) in [6.45, 7) is 2.20.